The van der Waals surface area contributed by atoms with E-state index in [4.69, 9.17) is 0 Å². The van der Waals surface area contributed by atoms with Crippen molar-refractivity contribution in [2.24, 2.45) is 0 Å². The molecule has 0 radical (unpaired) electrons. The Bertz CT molecular complexity index is 142. The molecule has 0 spiro atoms. The molecule has 0 aromatic rings. The van der Waals surface area contributed by atoms with Gasteiger partial charge in [-0.3, -0.25) is 9.48 Å². The number of likely N-dealkylation sites (N-methyl/N-ethyl adjacent to an activating group) is 2. The molecule has 3 nitrogen and oxygen atoms in total. The van der Waals surface area contributed by atoms with Crippen LogP contribution in [0.3, 0.4) is 0 Å². The summed E-state index contributed by atoms with van der Waals surface area (Å²) in [6.45, 7) is 7.80. The third-order valence-corrected chi connectivity index (χ3v) is 1.93. The van der Waals surface area contributed by atoms with Gasteiger partial charge in [0.1, 0.15) is 13.1 Å². The van der Waals surface area contributed by atoms with E-state index in [9.17, 15) is 0 Å². The second-order valence-electron chi connectivity index (χ2n) is 2.99. The molecule has 0 unspecified atom stereocenters. The molecule has 1 rings (SSSR count). The quantitative estimate of drug-likeness (QED) is 0.440. The van der Waals surface area contributed by atoms with Gasteiger partial charge in [-0.25, -0.2) is 0 Å². The predicted molar refractivity (Wildman–Crippen MR) is 47.2 cm³/mol. The molecule has 0 atom stereocenters. The first-order valence-corrected chi connectivity index (χ1v) is 4.33. The van der Waals surface area contributed by atoms with Gasteiger partial charge in [0.2, 0.25) is 6.34 Å². The van der Waals surface area contributed by atoms with Crippen molar-refractivity contribution in [3.8, 4) is 0 Å². The Labute approximate surface area is 68.7 Å². The van der Waals surface area contributed by atoms with E-state index < -0.39 is 0 Å². The smallest absolute Gasteiger partial charge is 0.234 e. The summed E-state index contributed by atoms with van der Waals surface area (Å²) in [7, 11) is 2.12. The Morgan fingerprint density at radius 1 is 1.64 bits per heavy atom. The minimum Gasteiger partial charge on any atom is -0.313 e. The van der Waals surface area contributed by atoms with Crippen molar-refractivity contribution >= 4 is 6.34 Å². The summed E-state index contributed by atoms with van der Waals surface area (Å²) in [6.07, 6.45) is 2.19. The molecule has 0 amide bonds. The summed E-state index contributed by atoms with van der Waals surface area (Å²) in [4.78, 5) is 2.35. The number of nitrogens with zero attached hydrogens (tertiary/aromatic N) is 2. The largest absolute Gasteiger partial charge is 0.313 e. The van der Waals surface area contributed by atoms with Gasteiger partial charge in [-0.05, 0) is 6.54 Å². The second-order valence-corrected chi connectivity index (χ2v) is 2.99. The molecule has 0 aliphatic carbocycles. The van der Waals surface area contributed by atoms with Crippen molar-refractivity contribution in [3.63, 3.8) is 0 Å². The maximum Gasteiger partial charge on any atom is 0.234 e. The van der Waals surface area contributed by atoms with Crippen molar-refractivity contribution in [1.29, 1.82) is 0 Å². The molecule has 0 fully saturated rings. The summed E-state index contributed by atoms with van der Waals surface area (Å²) in [5.41, 5.74) is 0. The molecule has 1 aliphatic rings. The maximum atomic E-state index is 3.31. The van der Waals surface area contributed by atoms with Gasteiger partial charge in [-0.15, -0.1) is 0 Å². The lowest BCUT2D eigenvalue weighted by atomic mass is 10.5. The first-order chi connectivity index (χ1) is 5.33. The van der Waals surface area contributed by atoms with Gasteiger partial charge in [-0.2, -0.15) is 0 Å². The van der Waals surface area contributed by atoms with E-state index in [2.05, 4.69) is 35.1 Å². The SMILES string of the molecule is CCNCCN1C=[N+](C)CC1. The zero-order chi connectivity index (χ0) is 8.10. The first kappa shape index (κ1) is 8.53. The fraction of sp³-hybridized carbons (Fsp3) is 0.875. The van der Waals surface area contributed by atoms with Crippen LogP contribution in [0.25, 0.3) is 0 Å². The molecule has 0 aromatic heterocycles. The van der Waals surface area contributed by atoms with Gasteiger partial charge in [0.15, 0.2) is 0 Å². The van der Waals surface area contributed by atoms with Crippen LogP contribution in [0.2, 0.25) is 0 Å². The third-order valence-electron chi connectivity index (χ3n) is 1.93. The van der Waals surface area contributed by atoms with Crippen LogP contribution >= 0.6 is 0 Å². The van der Waals surface area contributed by atoms with E-state index in [0.29, 0.717) is 0 Å². The maximum absolute atomic E-state index is 3.31. The molecule has 0 bridgehead atoms. The minimum atomic E-state index is 1.07. The molecule has 1 N–H and O–H groups in total. The molecule has 0 aromatic carbocycles. The summed E-state index contributed by atoms with van der Waals surface area (Å²) in [5.74, 6) is 0. The monoisotopic (exact) mass is 156 g/mol. The van der Waals surface area contributed by atoms with Crippen molar-refractivity contribution in [3.05, 3.63) is 0 Å². The highest BCUT2D eigenvalue weighted by Crippen LogP contribution is 1.89. The molecule has 1 heterocycles. The topological polar surface area (TPSA) is 18.3 Å². The summed E-state index contributed by atoms with van der Waals surface area (Å²) in [5, 5.41) is 3.31. The van der Waals surface area contributed by atoms with E-state index in [0.717, 1.165) is 19.6 Å². The highest BCUT2D eigenvalue weighted by Gasteiger charge is 2.14. The molecule has 0 saturated carbocycles. The van der Waals surface area contributed by atoms with Gasteiger partial charge in [-0.1, -0.05) is 6.92 Å². The zero-order valence-corrected chi connectivity index (χ0v) is 7.51. The second kappa shape index (κ2) is 4.34. The first-order valence-electron chi connectivity index (χ1n) is 4.33. The molecule has 3 heteroatoms. The summed E-state index contributed by atoms with van der Waals surface area (Å²) in [6, 6.07) is 0. The fourth-order valence-electron chi connectivity index (χ4n) is 1.25. The van der Waals surface area contributed by atoms with Crippen molar-refractivity contribution in [1.82, 2.24) is 10.2 Å². The van der Waals surface area contributed by atoms with Crippen LogP contribution in [-0.4, -0.2) is 55.6 Å². The summed E-state index contributed by atoms with van der Waals surface area (Å²) >= 11 is 0. The Morgan fingerprint density at radius 2 is 2.45 bits per heavy atom. The van der Waals surface area contributed by atoms with Gasteiger partial charge in [0.05, 0.1) is 13.6 Å². The minimum absolute atomic E-state index is 1.07. The van der Waals surface area contributed by atoms with Crippen LogP contribution in [0.1, 0.15) is 6.92 Å². The lowest BCUT2D eigenvalue weighted by Crippen LogP contribution is -2.29. The number of hydrogen-bond donors (Lipinski definition) is 1. The predicted octanol–water partition coefficient (Wildman–Crippen LogP) is -0.418. The van der Waals surface area contributed by atoms with E-state index in [1.54, 1.807) is 0 Å². The number of hydrogen-bond acceptors (Lipinski definition) is 2. The van der Waals surface area contributed by atoms with Crippen LogP contribution in [0.4, 0.5) is 0 Å². The van der Waals surface area contributed by atoms with Crippen molar-refractivity contribution in [2.45, 2.75) is 6.92 Å². The van der Waals surface area contributed by atoms with Gasteiger partial charge in [0, 0.05) is 6.54 Å². The Kier molecular flexibility index (Phi) is 3.36. The van der Waals surface area contributed by atoms with Gasteiger partial charge < -0.3 is 5.32 Å². The number of nitrogens with one attached hydrogen (secondary N) is 1. The van der Waals surface area contributed by atoms with Crippen molar-refractivity contribution < 1.29 is 4.58 Å². The molecule has 1 aliphatic heterocycles. The van der Waals surface area contributed by atoms with Crippen LogP contribution in [0.5, 0.6) is 0 Å². The van der Waals surface area contributed by atoms with Gasteiger partial charge >= 0.3 is 0 Å². The average molecular weight is 156 g/mol. The Balaban J connectivity index is 2.08. The fourth-order valence-corrected chi connectivity index (χ4v) is 1.25. The van der Waals surface area contributed by atoms with E-state index in [1.165, 1.54) is 13.1 Å². The Hall–Kier alpha value is -0.570. The summed E-state index contributed by atoms with van der Waals surface area (Å²) < 4.78 is 2.23. The third kappa shape index (κ3) is 2.89. The zero-order valence-electron chi connectivity index (χ0n) is 7.51. The highest BCUT2D eigenvalue weighted by molar-refractivity contribution is 5.50. The van der Waals surface area contributed by atoms with Crippen LogP contribution < -0.4 is 5.32 Å². The molecular formula is C8H18N3+. The standard InChI is InChI=1S/C8H18N3/c1-3-9-4-5-11-7-6-10(2)8-11/h8-9H,3-7H2,1-2H3/q+1. The highest BCUT2D eigenvalue weighted by atomic mass is 15.3. The average Bonchev–Trinajstić information content (AvgIpc) is 2.37. The van der Waals surface area contributed by atoms with E-state index >= 15 is 0 Å². The van der Waals surface area contributed by atoms with E-state index in [-0.39, 0.29) is 0 Å². The Morgan fingerprint density at radius 3 is 3.00 bits per heavy atom. The molecular weight excluding hydrogens is 138 g/mol. The van der Waals surface area contributed by atoms with Gasteiger partial charge in [0.25, 0.3) is 0 Å². The normalized spacial score (nSPS) is 17.3. The lowest BCUT2D eigenvalue weighted by Gasteiger charge is -2.05. The molecule has 64 valence electrons. The van der Waals surface area contributed by atoms with Crippen LogP contribution in [-0.2, 0) is 0 Å². The molecule has 0 saturated heterocycles. The van der Waals surface area contributed by atoms with Crippen LogP contribution in [0, 0.1) is 0 Å². The van der Waals surface area contributed by atoms with Crippen molar-refractivity contribution in [2.75, 3.05) is 39.8 Å². The molecule has 11 heavy (non-hydrogen) atoms. The lowest BCUT2D eigenvalue weighted by molar-refractivity contribution is -0.482. The number of rotatable bonds is 4. The van der Waals surface area contributed by atoms with E-state index in [1.807, 2.05) is 0 Å². The van der Waals surface area contributed by atoms with Crippen LogP contribution in [0.15, 0.2) is 0 Å².